The molecule has 156 valence electrons. The molecule has 7 heteroatoms. The van der Waals surface area contributed by atoms with Crippen molar-refractivity contribution in [3.63, 3.8) is 0 Å². The van der Waals surface area contributed by atoms with E-state index in [2.05, 4.69) is 11.0 Å². The first-order chi connectivity index (χ1) is 15.0. The minimum absolute atomic E-state index is 0.0645. The fourth-order valence-corrected chi connectivity index (χ4v) is 4.45. The van der Waals surface area contributed by atoms with Gasteiger partial charge in [-0.1, -0.05) is 46.9 Å². The van der Waals surface area contributed by atoms with E-state index in [1.54, 1.807) is 30.3 Å². The number of halogens is 3. The standard InChI is InChI=1S/C24H18Cl3N3O/c25-19-7-5-17(6-8-19)23-15-29(24(31)18-3-1-16(14-28)2-4-18)11-12-30(23)22-10-9-20(26)13-21(22)27/h1-10,13,23H,11-12,15H2/t23-/m0/s1. The maximum absolute atomic E-state index is 13.1. The first-order valence-corrected chi connectivity index (χ1v) is 10.9. The van der Waals surface area contributed by atoms with Crippen molar-refractivity contribution in [1.29, 1.82) is 5.26 Å². The van der Waals surface area contributed by atoms with E-state index < -0.39 is 0 Å². The Morgan fingerprint density at radius 1 is 0.903 bits per heavy atom. The molecule has 0 N–H and O–H groups in total. The van der Waals surface area contributed by atoms with Crippen LogP contribution in [-0.2, 0) is 0 Å². The molecule has 1 fully saturated rings. The molecule has 31 heavy (non-hydrogen) atoms. The Morgan fingerprint density at radius 2 is 1.58 bits per heavy atom. The fourth-order valence-electron chi connectivity index (χ4n) is 3.81. The van der Waals surface area contributed by atoms with E-state index in [1.165, 1.54) is 0 Å². The smallest absolute Gasteiger partial charge is 0.253 e. The highest BCUT2D eigenvalue weighted by molar-refractivity contribution is 6.36. The molecule has 0 unspecified atom stereocenters. The highest BCUT2D eigenvalue weighted by Crippen LogP contribution is 2.37. The minimum Gasteiger partial charge on any atom is -0.360 e. The Morgan fingerprint density at radius 3 is 2.23 bits per heavy atom. The third kappa shape index (κ3) is 4.65. The molecule has 0 saturated carbocycles. The minimum atomic E-state index is -0.105. The van der Waals surface area contributed by atoms with Crippen LogP contribution in [0.2, 0.25) is 15.1 Å². The zero-order valence-corrected chi connectivity index (χ0v) is 18.7. The van der Waals surface area contributed by atoms with Crippen LogP contribution in [0.5, 0.6) is 0 Å². The third-order valence-electron chi connectivity index (χ3n) is 5.40. The molecule has 0 bridgehead atoms. The van der Waals surface area contributed by atoms with Gasteiger partial charge < -0.3 is 9.80 Å². The Bertz CT molecular complexity index is 1140. The summed E-state index contributed by atoms with van der Waals surface area (Å²) in [5.74, 6) is -0.0645. The highest BCUT2D eigenvalue weighted by atomic mass is 35.5. The predicted octanol–water partition coefficient (Wildman–Crippen LogP) is 6.22. The first kappa shape index (κ1) is 21.5. The number of rotatable bonds is 3. The Labute approximate surface area is 196 Å². The van der Waals surface area contributed by atoms with E-state index in [0.717, 1.165) is 11.3 Å². The molecule has 0 aromatic heterocycles. The van der Waals surface area contributed by atoms with Gasteiger partial charge in [0, 0.05) is 35.2 Å². The van der Waals surface area contributed by atoms with E-state index in [9.17, 15) is 4.79 Å². The van der Waals surface area contributed by atoms with Crippen molar-refractivity contribution < 1.29 is 4.79 Å². The number of benzene rings is 3. The molecule has 4 nitrogen and oxygen atoms in total. The number of carbonyl (C=O) groups excluding carboxylic acids is 1. The zero-order chi connectivity index (χ0) is 22.0. The van der Waals surface area contributed by atoms with Crippen molar-refractivity contribution in [2.24, 2.45) is 0 Å². The normalized spacial score (nSPS) is 16.1. The van der Waals surface area contributed by atoms with Gasteiger partial charge in [-0.15, -0.1) is 0 Å². The molecular weight excluding hydrogens is 453 g/mol. The molecule has 1 amide bonds. The summed E-state index contributed by atoms with van der Waals surface area (Å²) in [6, 6.07) is 21.8. The second kappa shape index (κ2) is 9.20. The molecule has 0 radical (unpaired) electrons. The number of piperazine rings is 1. The van der Waals surface area contributed by atoms with Crippen LogP contribution in [0.1, 0.15) is 27.5 Å². The van der Waals surface area contributed by atoms with Gasteiger partial charge in [-0.2, -0.15) is 5.26 Å². The SMILES string of the molecule is N#Cc1ccc(C(=O)N2CCN(c3ccc(Cl)cc3Cl)[C@H](c3ccc(Cl)cc3)C2)cc1. The summed E-state index contributed by atoms with van der Waals surface area (Å²) in [5, 5.41) is 10.8. The summed E-state index contributed by atoms with van der Waals surface area (Å²) in [4.78, 5) is 17.2. The molecule has 4 rings (SSSR count). The average molecular weight is 471 g/mol. The molecule has 1 atom stereocenters. The second-order valence-electron chi connectivity index (χ2n) is 7.30. The zero-order valence-electron chi connectivity index (χ0n) is 16.4. The van der Waals surface area contributed by atoms with E-state index in [-0.39, 0.29) is 11.9 Å². The molecule has 3 aromatic carbocycles. The topological polar surface area (TPSA) is 47.3 Å². The van der Waals surface area contributed by atoms with Crippen LogP contribution in [0.3, 0.4) is 0 Å². The molecule has 3 aromatic rings. The maximum Gasteiger partial charge on any atom is 0.253 e. The first-order valence-electron chi connectivity index (χ1n) is 9.73. The lowest BCUT2D eigenvalue weighted by molar-refractivity contribution is 0.0722. The number of nitriles is 1. The lowest BCUT2D eigenvalue weighted by Crippen LogP contribution is -2.50. The largest absolute Gasteiger partial charge is 0.360 e. The van der Waals surface area contributed by atoms with Gasteiger partial charge in [-0.25, -0.2) is 0 Å². The number of hydrogen-bond acceptors (Lipinski definition) is 3. The van der Waals surface area contributed by atoms with Crippen LogP contribution < -0.4 is 4.90 Å². The summed E-state index contributed by atoms with van der Waals surface area (Å²) in [7, 11) is 0. The van der Waals surface area contributed by atoms with Gasteiger partial charge in [0.05, 0.1) is 28.4 Å². The van der Waals surface area contributed by atoms with Gasteiger partial charge in [0.15, 0.2) is 0 Å². The van der Waals surface area contributed by atoms with Crippen LogP contribution >= 0.6 is 34.8 Å². The number of nitrogens with zero attached hydrogens (tertiary/aromatic N) is 3. The van der Waals surface area contributed by atoms with Gasteiger partial charge in [0.2, 0.25) is 0 Å². The monoisotopic (exact) mass is 469 g/mol. The predicted molar refractivity (Wildman–Crippen MR) is 125 cm³/mol. The van der Waals surface area contributed by atoms with Gasteiger partial charge >= 0.3 is 0 Å². The summed E-state index contributed by atoms with van der Waals surface area (Å²) in [5.41, 5.74) is 2.99. The Hall–Kier alpha value is -2.71. The molecule has 0 aliphatic carbocycles. The lowest BCUT2D eigenvalue weighted by atomic mass is 10.0. The highest BCUT2D eigenvalue weighted by Gasteiger charge is 2.32. The van der Waals surface area contributed by atoms with Crippen molar-refractivity contribution in [3.05, 3.63) is 98.5 Å². The van der Waals surface area contributed by atoms with Crippen LogP contribution in [0.15, 0.2) is 66.7 Å². The number of anilines is 1. The Balaban J connectivity index is 1.65. The van der Waals surface area contributed by atoms with E-state index in [4.69, 9.17) is 40.1 Å². The van der Waals surface area contributed by atoms with Crippen molar-refractivity contribution in [3.8, 4) is 6.07 Å². The van der Waals surface area contributed by atoms with Crippen molar-refractivity contribution >= 4 is 46.4 Å². The quantitative estimate of drug-likeness (QED) is 0.456. The summed E-state index contributed by atoms with van der Waals surface area (Å²) in [6.07, 6.45) is 0. The summed E-state index contributed by atoms with van der Waals surface area (Å²) >= 11 is 18.7. The van der Waals surface area contributed by atoms with E-state index in [0.29, 0.717) is 45.8 Å². The molecule has 1 aliphatic rings. The van der Waals surface area contributed by atoms with Crippen molar-refractivity contribution in [1.82, 2.24) is 4.90 Å². The van der Waals surface area contributed by atoms with E-state index >= 15 is 0 Å². The number of carbonyl (C=O) groups is 1. The van der Waals surface area contributed by atoms with Crippen molar-refractivity contribution in [2.75, 3.05) is 24.5 Å². The summed E-state index contributed by atoms with van der Waals surface area (Å²) in [6.45, 7) is 1.64. The molecule has 1 saturated heterocycles. The fraction of sp³-hybridized carbons (Fsp3) is 0.167. The van der Waals surface area contributed by atoms with Crippen LogP contribution in [0.25, 0.3) is 0 Å². The van der Waals surface area contributed by atoms with Gasteiger partial charge in [0.1, 0.15) is 0 Å². The average Bonchev–Trinajstić information content (AvgIpc) is 2.79. The summed E-state index contributed by atoms with van der Waals surface area (Å²) < 4.78 is 0. The van der Waals surface area contributed by atoms with Crippen LogP contribution in [0, 0.1) is 11.3 Å². The lowest BCUT2D eigenvalue weighted by Gasteiger charge is -2.43. The van der Waals surface area contributed by atoms with E-state index in [1.807, 2.05) is 41.3 Å². The maximum atomic E-state index is 13.1. The molecule has 0 spiro atoms. The van der Waals surface area contributed by atoms with Gasteiger partial charge in [0.25, 0.3) is 5.91 Å². The second-order valence-corrected chi connectivity index (χ2v) is 8.58. The van der Waals surface area contributed by atoms with Gasteiger partial charge in [-0.3, -0.25) is 4.79 Å². The number of amides is 1. The number of hydrogen-bond donors (Lipinski definition) is 0. The van der Waals surface area contributed by atoms with Crippen LogP contribution in [0.4, 0.5) is 5.69 Å². The van der Waals surface area contributed by atoms with Crippen molar-refractivity contribution in [2.45, 2.75) is 6.04 Å². The Kier molecular flexibility index (Phi) is 6.38. The third-order valence-corrected chi connectivity index (χ3v) is 6.19. The van der Waals surface area contributed by atoms with Gasteiger partial charge in [-0.05, 0) is 60.2 Å². The molecule has 1 heterocycles. The molecular formula is C24H18Cl3N3O. The van der Waals surface area contributed by atoms with Crippen LogP contribution in [-0.4, -0.2) is 30.4 Å². The molecule has 1 aliphatic heterocycles.